The molecule has 0 aliphatic rings. The molecule has 0 bridgehead atoms. The molecule has 2 rings (SSSR count). The average molecular weight is 328 g/mol. The Bertz CT molecular complexity index is 762. The molecule has 0 heterocycles. The molecule has 0 aliphatic carbocycles. The van der Waals surface area contributed by atoms with Gasteiger partial charge in [0.15, 0.2) is 23.9 Å². The van der Waals surface area contributed by atoms with Crippen LogP contribution in [0.25, 0.3) is 6.08 Å². The van der Waals surface area contributed by atoms with Gasteiger partial charge in [0.1, 0.15) is 5.75 Å². The Morgan fingerprint density at radius 3 is 2.46 bits per heavy atom. The normalized spacial score (nSPS) is 10.5. The van der Waals surface area contributed by atoms with Crippen LogP contribution in [0.15, 0.2) is 48.5 Å². The van der Waals surface area contributed by atoms with Crippen LogP contribution in [0.2, 0.25) is 0 Å². The van der Waals surface area contributed by atoms with E-state index in [1.807, 2.05) is 0 Å². The molecule has 2 aromatic carbocycles. The number of allylic oxidation sites excluding steroid dienone is 1. The number of hydrogen-bond donors (Lipinski definition) is 2. The maximum absolute atomic E-state index is 12.1. The Hall–Kier alpha value is -3.28. The molecule has 0 aromatic heterocycles. The van der Waals surface area contributed by atoms with E-state index in [1.165, 1.54) is 31.4 Å². The van der Waals surface area contributed by atoms with Crippen LogP contribution in [0.3, 0.4) is 0 Å². The fourth-order valence-corrected chi connectivity index (χ4v) is 1.93. The first kappa shape index (κ1) is 17.1. The van der Waals surface area contributed by atoms with Crippen LogP contribution in [-0.4, -0.2) is 35.7 Å². The standard InChI is InChI=1S/C18H16O6/c1-23-17-10-12(3-9-16(17)20)2-8-15(19)13-4-6-14(7-5-13)24-11-18(21)22/h2-10,20H,11H2,1H3,(H,21,22)/b8-2+. The zero-order valence-electron chi connectivity index (χ0n) is 12.9. The largest absolute Gasteiger partial charge is 0.504 e. The molecule has 0 atom stereocenters. The van der Waals surface area contributed by atoms with Crippen molar-refractivity contribution in [2.75, 3.05) is 13.7 Å². The van der Waals surface area contributed by atoms with Crippen LogP contribution in [0.1, 0.15) is 15.9 Å². The van der Waals surface area contributed by atoms with Crippen molar-refractivity contribution < 1.29 is 29.3 Å². The summed E-state index contributed by atoms with van der Waals surface area (Å²) in [5.41, 5.74) is 1.15. The van der Waals surface area contributed by atoms with Crippen molar-refractivity contribution in [3.8, 4) is 17.2 Å². The van der Waals surface area contributed by atoms with Gasteiger partial charge in [-0.15, -0.1) is 0 Å². The number of rotatable bonds is 7. The van der Waals surface area contributed by atoms with Gasteiger partial charge in [0, 0.05) is 5.56 Å². The number of ether oxygens (including phenoxy) is 2. The van der Waals surface area contributed by atoms with E-state index < -0.39 is 12.6 Å². The molecule has 0 spiro atoms. The van der Waals surface area contributed by atoms with Gasteiger partial charge in [0.2, 0.25) is 0 Å². The second-order valence-corrected chi connectivity index (χ2v) is 4.84. The molecule has 0 saturated carbocycles. The Morgan fingerprint density at radius 2 is 1.83 bits per heavy atom. The molecule has 0 amide bonds. The highest BCUT2D eigenvalue weighted by atomic mass is 16.5. The number of hydrogen-bond acceptors (Lipinski definition) is 5. The Morgan fingerprint density at radius 1 is 1.12 bits per heavy atom. The summed E-state index contributed by atoms with van der Waals surface area (Å²) in [6, 6.07) is 10.9. The average Bonchev–Trinajstić information content (AvgIpc) is 2.59. The zero-order valence-corrected chi connectivity index (χ0v) is 12.9. The monoisotopic (exact) mass is 328 g/mol. The van der Waals surface area contributed by atoms with Gasteiger partial charge in [-0.2, -0.15) is 0 Å². The first-order valence-electron chi connectivity index (χ1n) is 7.03. The molecule has 24 heavy (non-hydrogen) atoms. The number of methoxy groups -OCH3 is 1. The van der Waals surface area contributed by atoms with E-state index in [2.05, 4.69) is 0 Å². The first-order chi connectivity index (χ1) is 11.5. The highest BCUT2D eigenvalue weighted by Crippen LogP contribution is 2.26. The summed E-state index contributed by atoms with van der Waals surface area (Å²) in [5.74, 6) is -0.558. The summed E-state index contributed by atoms with van der Waals surface area (Å²) in [5, 5.41) is 18.1. The fourth-order valence-electron chi connectivity index (χ4n) is 1.93. The van der Waals surface area contributed by atoms with Crippen LogP contribution in [0.5, 0.6) is 17.2 Å². The predicted octanol–water partition coefficient (Wildman–Crippen LogP) is 2.76. The van der Waals surface area contributed by atoms with Gasteiger partial charge in [-0.1, -0.05) is 12.1 Å². The van der Waals surface area contributed by atoms with E-state index in [1.54, 1.807) is 30.3 Å². The number of aliphatic carboxylic acids is 1. The quantitative estimate of drug-likeness (QED) is 0.600. The lowest BCUT2D eigenvalue weighted by Crippen LogP contribution is -2.09. The molecule has 0 saturated heterocycles. The van der Waals surface area contributed by atoms with E-state index in [-0.39, 0.29) is 11.5 Å². The minimum absolute atomic E-state index is 0.0259. The number of ketones is 1. The van der Waals surface area contributed by atoms with Crippen molar-refractivity contribution >= 4 is 17.8 Å². The third-order valence-electron chi connectivity index (χ3n) is 3.13. The molecule has 0 unspecified atom stereocenters. The van der Waals surface area contributed by atoms with Crippen LogP contribution in [0, 0.1) is 0 Å². The van der Waals surface area contributed by atoms with Gasteiger partial charge < -0.3 is 19.7 Å². The number of benzene rings is 2. The smallest absolute Gasteiger partial charge is 0.341 e. The number of phenols is 1. The van der Waals surface area contributed by atoms with Crippen molar-refractivity contribution in [3.05, 3.63) is 59.7 Å². The van der Waals surface area contributed by atoms with Crippen LogP contribution < -0.4 is 9.47 Å². The number of carboxylic acids is 1. The lowest BCUT2D eigenvalue weighted by molar-refractivity contribution is -0.139. The minimum Gasteiger partial charge on any atom is -0.504 e. The van der Waals surface area contributed by atoms with Gasteiger partial charge in [-0.25, -0.2) is 4.79 Å². The third-order valence-corrected chi connectivity index (χ3v) is 3.13. The summed E-state index contributed by atoms with van der Waals surface area (Å²) < 4.78 is 10.0. The minimum atomic E-state index is -1.07. The Labute approximate surface area is 138 Å². The SMILES string of the molecule is COc1cc(/C=C/C(=O)c2ccc(OCC(=O)O)cc2)ccc1O. The topological polar surface area (TPSA) is 93.1 Å². The maximum Gasteiger partial charge on any atom is 0.341 e. The lowest BCUT2D eigenvalue weighted by Gasteiger charge is -2.04. The molecular weight excluding hydrogens is 312 g/mol. The second kappa shape index (κ2) is 7.82. The van der Waals surface area contributed by atoms with Crippen molar-refractivity contribution in [3.63, 3.8) is 0 Å². The Balaban J connectivity index is 2.05. The molecule has 6 heteroatoms. The number of carboxylic acid groups (broad SMARTS) is 1. The summed E-state index contributed by atoms with van der Waals surface area (Å²) in [4.78, 5) is 22.5. The van der Waals surface area contributed by atoms with Crippen molar-refractivity contribution in [2.45, 2.75) is 0 Å². The van der Waals surface area contributed by atoms with Gasteiger partial charge in [0.25, 0.3) is 0 Å². The summed E-state index contributed by atoms with van der Waals surface area (Å²) in [6.45, 7) is -0.435. The number of phenolic OH excluding ortho intramolecular Hbond substituents is 1. The molecular formula is C18H16O6. The highest BCUT2D eigenvalue weighted by Gasteiger charge is 2.05. The lowest BCUT2D eigenvalue weighted by atomic mass is 10.1. The fraction of sp³-hybridized carbons (Fsp3) is 0.111. The van der Waals surface area contributed by atoms with Crippen LogP contribution in [0.4, 0.5) is 0 Å². The second-order valence-electron chi connectivity index (χ2n) is 4.84. The molecule has 2 aromatic rings. The highest BCUT2D eigenvalue weighted by molar-refractivity contribution is 6.06. The maximum atomic E-state index is 12.1. The van der Waals surface area contributed by atoms with Crippen LogP contribution in [-0.2, 0) is 4.79 Å². The molecule has 2 N–H and O–H groups in total. The molecule has 0 radical (unpaired) electrons. The van der Waals surface area contributed by atoms with E-state index >= 15 is 0 Å². The van der Waals surface area contributed by atoms with Crippen molar-refractivity contribution in [1.82, 2.24) is 0 Å². The third kappa shape index (κ3) is 4.61. The number of carbonyl (C=O) groups is 2. The van der Waals surface area contributed by atoms with Gasteiger partial charge in [0.05, 0.1) is 7.11 Å². The van der Waals surface area contributed by atoms with E-state index in [0.717, 1.165) is 0 Å². The summed E-state index contributed by atoms with van der Waals surface area (Å²) in [7, 11) is 1.45. The van der Waals surface area contributed by atoms with Gasteiger partial charge >= 0.3 is 5.97 Å². The molecule has 6 nitrogen and oxygen atoms in total. The van der Waals surface area contributed by atoms with E-state index in [4.69, 9.17) is 14.6 Å². The van der Waals surface area contributed by atoms with Gasteiger partial charge in [-0.05, 0) is 48.0 Å². The first-order valence-corrected chi connectivity index (χ1v) is 7.03. The van der Waals surface area contributed by atoms with Gasteiger partial charge in [-0.3, -0.25) is 4.79 Å². The molecule has 0 aliphatic heterocycles. The van der Waals surface area contributed by atoms with Crippen molar-refractivity contribution in [2.24, 2.45) is 0 Å². The summed E-state index contributed by atoms with van der Waals surface area (Å²) in [6.07, 6.45) is 3.01. The summed E-state index contributed by atoms with van der Waals surface area (Å²) >= 11 is 0. The van der Waals surface area contributed by atoms with E-state index in [0.29, 0.717) is 22.6 Å². The molecule has 0 fully saturated rings. The van der Waals surface area contributed by atoms with E-state index in [9.17, 15) is 14.7 Å². The van der Waals surface area contributed by atoms with Crippen LogP contribution >= 0.6 is 0 Å². The van der Waals surface area contributed by atoms with Crippen molar-refractivity contribution in [1.29, 1.82) is 0 Å². The Kier molecular flexibility index (Phi) is 5.57. The zero-order chi connectivity index (χ0) is 17.5. The number of aromatic hydroxyl groups is 1. The predicted molar refractivity (Wildman–Crippen MR) is 87.6 cm³/mol. The molecule has 124 valence electrons. The number of carbonyl (C=O) groups excluding carboxylic acids is 1.